The highest BCUT2D eigenvalue weighted by atomic mass is 32.1. The standard InChI is InChI=1S/C13H24N4S/c1-11(2)13(3,10-14)17-7-5-16(6-8-17)12-15-4-9-18-12/h4,9,11H,5-8,10,14H2,1-3H3. The van der Waals surface area contributed by atoms with Crippen molar-refractivity contribution in [1.29, 1.82) is 0 Å². The fraction of sp³-hybridized carbons (Fsp3) is 0.769. The van der Waals surface area contributed by atoms with Crippen molar-refractivity contribution in [2.45, 2.75) is 26.3 Å². The van der Waals surface area contributed by atoms with Crippen molar-refractivity contribution in [1.82, 2.24) is 9.88 Å². The highest BCUT2D eigenvalue weighted by molar-refractivity contribution is 7.13. The van der Waals surface area contributed by atoms with Crippen LogP contribution in [0.1, 0.15) is 20.8 Å². The first-order valence-corrected chi connectivity index (χ1v) is 7.55. The molecule has 18 heavy (non-hydrogen) atoms. The van der Waals surface area contributed by atoms with Gasteiger partial charge in [0.25, 0.3) is 0 Å². The molecule has 0 aromatic carbocycles. The van der Waals surface area contributed by atoms with Gasteiger partial charge in [-0.1, -0.05) is 13.8 Å². The predicted molar refractivity (Wildman–Crippen MR) is 78.2 cm³/mol. The molecule has 1 fully saturated rings. The lowest BCUT2D eigenvalue weighted by Gasteiger charge is -2.47. The van der Waals surface area contributed by atoms with Gasteiger partial charge in [0, 0.05) is 49.8 Å². The number of nitrogens with zero attached hydrogens (tertiary/aromatic N) is 3. The quantitative estimate of drug-likeness (QED) is 0.902. The molecule has 2 rings (SSSR count). The Balaban J connectivity index is 1.98. The number of piperazine rings is 1. The van der Waals surface area contributed by atoms with Crippen molar-refractivity contribution >= 4 is 16.5 Å². The van der Waals surface area contributed by atoms with Crippen LogP contribution >= 0.6 is 11.3 Å². The minimum atomic E-state index is 0.120. The van der Waals surface area contributed by atoms with E-state index in [1.165, 1.54) is 0 Å². The molecule has 1 atom stereocenters. The SMILES string of the molecule is CC(C)C(C)(CN)N1CCN(c2nccs2)CC1. The van der Waals surface area contributed by atoms with Gasteiger partial charge < -0.3 is 10.6 Å². The number of hydrogen-bond donors (Lipinski definition) is 1. The third kappa shape index (κ3) is 2.53. The van der Waals surface area contributed by atoms with Crippen LogP contribution in [-0.2, 0) is 0 Å². The molecular formula is C13H24N4S. The summed E-state index contributed by atoms with van der Waals surface area (Å²) >= 11 is 1.72. The summed E-state index contributed by atoms with van der Waals surface area (Å²) in [5, 5.41) is 3.19. The Morgan fingerprint density at radius 3 is 2.50 bits per heavy atom. The monoisotopic (exact) mass is 268 g/mol. The molecule has 2 N–H and O–H groups in total. The van der Waals surface area contributed by atoms with Crippen LogP contribution in [0.15, 0.2) is 11.6 Å². The van der Waals surface area contributed by atoms with E-state index in [1.807, 2.05) is 11.6 Å². The molecule has 4 nitrogen and oxygen atoms in total. The molecule has 102 valence electrons. The van der Waals surface area contributed by atoms with Crippen molar-refractivity contribution in [2.24, 2.45) is 11.7 Å². The Morgan fingerprint density at radius 2 is 2.06 bits per heavy atom. The van der Waals surface area contributed by atoms with Crippen LogP contribution in [0.5, 0.6) is 0 Å². The first-order valence-electron chi connectivity index (χ1n) is 6.67. The zero-order valence-corrected chi connectivity index (χ0v) is 12.4. The molecule has 1 unspecified atom stereocenters. The summed E-state index contributed by atoms with van der Waals surface area (Å²) in [4.78, 5) is 9.30. The highest BCUT2D eigenvalue weighted by Gasteiger charge is 2.35. The molecular weight excluding hydrogens is 244 g/mol. The third-order valence-electron chi connectivity index (χ3n) is 4.35. The zero-order valence-electron chi connectivity index (χ0n) is 11.6. The van der Waals surface area contributed by atoms with Gasteiger partial charge >= 0.3 is 0 Å². The fourth-order valence-corrected chi connectivity index (χ4v) is 3.21. The number of aromatic nitrogens is 1. The van der Waals surface area contributed by atoms with Crippen molar-refractivity contribution < 1.29 is 0 Å². The van der Waals surface area contributed by atoms with E-state index in [2.05, 4.69) is 35.6 Å². The van der Waals surface area contributed by atoms with E-state index in [0.29, 0.717) is 5.92 Å². The first kappa shape index (κ1) is 13.8. The van der Waals surface area contributed by atoms with Crippen LogP contribution in [0.3, 0.4) is 0 Å². The molecule has 0 spiro atoms. The molecule has 1 aromatic rings. The number of nitrogens with two attached hydrogens (primary N) is 1. The molecule has 1 saturated heterocycles. The van der Waals surface area contributed by atoms with Gasteiger partial charge in [-0.15, -0.1) is 11.3 Å². The Kier molecular flexibility index (Phi) is 4.25. The predicted octanol–water partition coefficient (Wildman–Crippen LogP) is 1.64. The number of hydrogen-bond acceptors (Lipinski definition) is 5. The lowest BCUT2D eigenvalue weighted by atomic mass is 9.86. The van der Waals surface area contributed by atoms with Crippen molar-refractivity contribution in [3.05, 3.63) is 11.6 Å². The molecule has 1 aliphatic heterocycles. The van der Waals surface area contributed by atoms with E-state index < -0.39 is 0 Å². The topological polar surface area (TPSA) is 45.4 Å². The molecule has 0 bridgehead atoms. The number of rotatable bonds is 4. The van der Waals surface area contributed by atoms with Crippen molar-refractivity contribution in [3.63, 3.8) is 0 Å². The first-order chi connectivity index (χ1) is 8.58. The van der Waals surface area contributed by atoms with E-state index >= 15 is 0 Å². The average Bonchev–Trinajstić information content (AvgIpc) is 2.91. The van der Waals surface area contributed by atoms with Crippen molar-refractivity contribution in [3.8, 4) is 0 Å². The lowest BCUT2D eigenvalue weighted by Crippen LogP contribution is -2.61. The zero-order chi connectivity index (χ0) is 13.2. The van der Waals surface area contributed by atoms with E-state index in [1.54, 1.807) is 11.3 Å². The molecule has 1 aliphatic rings. The number of thiazole rings is 1. The van der Waals surface area contributed by atoms with E-state index in [4.69, 9.17) is 5.73 Å². The Labute approximate surface area is 114 Å². The maximum atomic E-state index is 6.00. The second-order valence-electron chi connectivity index (χ2n) is 5.50. The van der Waals surface area contributed by atoms with E-state index in [9.17, 15) is 0 Å². The van der Waals surface area contributed by atoms with E-state index in [0.717, 1.165) is 37.9 Å². The summed E-state index contributed by atoms with van der Waals surface area (Å²) in [5.41, 5.74) is 6.12. The molecule has 0 saturated carbocycles. The van der Waals surface area contributed by atoms with Crippen LogP contribution in [0.2, 0.25) is 0 Å². The molecule has 1 aromatic heterocycles. The van der Waals surface area contributed by atoms with Gasteiger partial charge in [-0.25, -0.2) is 4.98 Å². The normalized spacial score (nSPS) is 21.3. The van der Waals surface area contributed by atoms with Gasteiger partial charge in [0.15, 0.2) is 5.13 Å². The fourth-order valence-electron chi connectivity index (χ4n) is 2.51. The summed E-state index contributed by atoms with van der Waals surface area (Å²) in [6, 6.07) is 0. The third-order valence-corrected chi connectivity index (χ3v) is 5.18. The Hall–Kier alpha value is -0.650. The van der Waals surface area contributed by atoms with Crippen molar-refractivity contribution in [2.75, 3.05) is 37.6 Å². The van der Waals surface area contributed by atoms with E-state index in [-0.39, 0.29) is 5.54 Å². The minimum absolute atomic E-state index is 0.120. The van der Waals surface area contributed by atoms with Gasteiger partial charge in [0.2, 0.25) is 0 Å². The molecule has 0 radical (unpaired) electrons. The van der Waals surface area contributed by atoms with Gasteiger partial charge in [0.1, 0.15) is 0 Å². The van der Waals surface area contributed by atoms with Crippen LogP contribution in [0, 0.1) is 5.92 Å². The summed E-state index contributed by atoms with van der Waals surface area (Å²) in [5.74, 6) is 0.578. The lowest BCUT2D eigenvalue weighted by molar-refractivity contribution is 0.0616. The largest absolute Gasteiger partial charge is 0.346 e. The summed E-state index contributed by atoms with van der Waals surface area (Å²) in [6.07, 6.45) is 1.88. The van der Waals surface area contributed by atoms with Gasteiger partial charge in [0.05, 0.1) is 0 Å². The maximum Gasteiger partial charge on any atom is 0.185 e. The maximum absolute atomic E-state index is 6.00. The highest BCUT2D eigenvalue weighted by Crippen LogP contribution is 2.26. The second kappa shape index (κ2) is 5.55. The molecule has 5 heteroatoms. The van der Waals surface area contributed by atoms with Crippen LogP contribution < -0.4 is 10.6 Å². The Morgan fingerprint density at radius 1 is 1.39 bits per heavy atom. The minimum Gasteiger partial charge on any atom is -0.346 e. The Bertz CT molecular complexity index is 357. The smallest absolute Gasteiger partial charge is 0.185 e. The second-order valence-corrected chi connectivity index (χ2v) is 6.38. The van der Waals surface area contributed by atoms with Gasteiger partial charge in [-0.05, 0) is 12.8 Å². The van der Waals surface area contributed by atoms with Crippen LogP contribution in [0.4, 0.5) is 5.13 Å². The summed E-state index contributed by atoms with van der Waals surface area (Å²) in [7, 11) is 0. The van der Waals surface area contributed by atoms with Gasteiger partial charge in [-0.2, -0.15) is 0 Å². The summed E-state index contributed by atoms with van der Waals surface area (Å²) in [6.45, 7) is 11.8. The van der Waals surface area contributed by atoms with Crippen LogP contribution in [0.25, 0.3) is 0 Å². The summed E-state index contributed by atoms with van der Waals surface area (Å²) < 4.78 is 0. The molecule has 2 heterocycles. The van der Waals surface area contributed by atoms with Gasteiger partial charge in [-0.3, -0.25) is 4.90 Å². The average molecular weight is 268 g/mol. The molecule has 0 amide bonds. The number of anilines is 1. The molecule has 0 aliphatic carbocycles. The van der Waals surface area contributed by atoms with Crippen LogP contribution in [-0.4, -0.2) is 48.1 Å².